The largest absolute Gasteiger partial charge is 0.457 e. The van der Waals surface area contributed by atoms with Crippen LogP contribution in [-0.4, -0.2) is 28.3 Å². The predicted molar refractivity (Wildman–Crippen MR) is 139 cm³/mol. The first-order valence-electron chi connectivity index (χ1n) is 11.1. The van der Waals surface area contributed by atoms with Gasteiger partial charge in [0.2, 0.25) is 0 Å². The molecule has 5 aromatic rings. The summed E-state index contributed by atoms with van der Waals surface area (Å²) in [6.07, 6.45) is 0. The fourth-order valence-electron chi connectivity index (χ4n) is 3.67. The molecular formula is C28H18N2O6S. The number of hydrogen-bond donors (Lipinski definition) is 0. The number of nitro groups is 1. The third-order valence-electron chi connectivity index (χ3n) is 5.50. The van der Waals surface area contributed by atoms with Crippen LogP contribution in [-0.2, 0) is 4.74 Å². The molecule has 0 radical (unpaired) electrons. The van der Waals surface area contributed by atoms with E-state index in [-0.39, 0.29) is 11.5 Å². The van der Waals surface area contributed by atoms with Crippen molar-refractivity contribution in [3.63, 3.8) is 0 Å². The lowest BCUT2D eigenvalue weighted by Crippen LogP contribution is -2.15. The number of fused-ring (bicyclic) bond motifs is 1. The van der Waals surface area contributed by atoms with Crippen LogP contribution in [0.3, 0.4) is 0 Å². The molecule has 0 aliphatic carbocycles. The molecule has 0 aliphatic rings. The molecule has 0 atom stereocenters. The topological polar surface area (TPSA) is 109 Å². The number of nitro benzene ring substituents is 1. The summed E-state index contributed by atoms with van der Waals surface area (Å²) in [5.74, 6) is -0.105. The number of benzene rings is 3. The number of non-ortho nitro benzene ring substituents is 1. The molecule has 3 aromatic carbocycles. The fraction of sp³-hybridized carbons (Fsp3) is 0.0357. The number of thiophene rings is 1. The van der Waals surface area contributed by atoms with Crippen molar-refractivity contribution in [3.05, 3.63) is 118 Å². The van der Waals surface area contributed by atoms with Crippen molar-refractivity contribution >= 4 is 39.7 Å². The van der Waals surface area contributed by atoms with Gasteiger partial charge in [-0.2, -0.15) is 0 Å². The van der Waals surface area contributed by atoms with Gasteiger partial charge >= 0.3 is 5.97 Å². The Labute approximate surface area is 214 Å². The van der Waals surface area contributed by atoms with E-state index >= 15 is 0 Å². The quantitative estimate of drug-likeness (QED) is 0.0988. The number of esters is 1. The van der Waals surface area contributed by atoms with Crippen molar-refractivity contribution in [2.24, 2.45) is 0 Å². The second-order valence-corrected chi connectivity index (χ2v) is 8.87. The summed E-state index contributed by atoms with van der Waals surface area (Å²) in [6, 6.07) is 24.8. The molecule has 0 fully saturated rings. The van der Waals surface area contributed by atoms with Crippen LogP contribution in [0.1, 0.15) is 20.7 Å². The predicted octanol–water partition coefficient (Wildman–Crippen LogP) is 6.70. The molecule has 8 nitrogen and oxygen atoms in total. The average Bonchev–Trinajstić information content (AvgIpc) is 3.47. The molecule has 37 heavy (non-hydrogen) atoms. The molecule has 0 unspecified atom stereocenters. The Kier molecular flexibility index (Phi) is 6.69. The Hall–Kier alpha value is -4.89. The van der Waals surface area contributed by atoms with E-state index < -0.39 is 17.5 Å². The van der Waals surface area contributed by atoms with Gasteiger partial charge in [0, 0.05) is 23.1 Å². The van der Waals surface area contributed by atoms with E-state index in [4.69, 9.17) is 9.47 Å². The maximum atomic E-state index is 13.0. The van der Waals surface area contributed by atoms with Crippen LogP contribution in [0.4, 0.5) is 5.69 Å². The molecule has 182 valence electrons. The van der Waals surface area contributed by atoms with Crippen LogP contribution in [0.2, 0.25) is 0 Å². The zero-order valence-corrected chi connectivity index (χ0v) is 20.0. The highest BCUT2D eigenvalue weighted by atomic mass is 32.1. The minimum Gasteiger partial charge on any atom is -0.457 e. The minimum absolute atomic E-state index is 0.0367. The number of pyridine rings is 1. The van der Waals surface area contributed by atoms with E-state index in [0.29, 0.717) is 39.2 Å². The molecular weight excluding hydrogens is 492 g/mol. The van der Waals surface area contributed by atoms with E-state index in [2.05, 4.69) is 4.98 Å². The zero-order chi connectivity index (χ0) is 25.8. The van der Waals surface area contributed by atoms with Crippen molar-refractivity contribution in [3.8, 4) is 22.1 Å². The number of carbonyl (C=O) groups is 2. The van der Waals surface area contributed by atoms with Gasteiger partial charge in [0.05, 0.1) is 26.6 Å². The zero-order valence-electron chi connectivity index (χ0n) is 19.2. The smallest absolute Gasteiger partial charge is 0.339 e. The molecule has 2 heterocycles. The molecule has 0 aliphatic heterocycles. The van der Waals surface area contributed by atoms with Gasteiger partial charge in [-0.15, -0.1) is 11.3 Å². The highest BCUT2D eigenvalue weighted by Crippen LogP contribution is 2.28. The van der Waals surface area contributed by atoms with Crippen molar-refractivity contribution < 1.29 is 24.0 Å². The average molecular weight is 511 g/mol. The maximum absolute atomic E-state index is 13.0. The van der Waals surface area contributed by atoms with Crippen molar-refractivity contribution in [2.45, 2.75) is 0 Å². The SMILES string of the molecule is O=C(COC(=O)c1cc(-c2cccs2)nc2ccccc12)c1ccc(Oc2ccc([N+](=O)[O-])cc2)cc1. The molecule has 5 rings (SSSR count). The number of ether oxygens (including phenoxy) is 2. The lowest BCUT2D eigenvalue weighted by Gasteiger charge is -2.10. The summed E-state index contributed by atoms with van der Waals surface area (Å²) in [5, 5.41) is 13.4. The monoisotopic (exact) mass is 510 g/mol. The number of hydrogen-bond acceptors (Lipinski definition) is 8. The van der Waals surface area contributed by atoms with Gasteiger partial charge in [0.15, 0.2) is 12.4 Å². The summed E-state index contributed by atoms with van der Waals surface area (Å²) >= 11 is 1.52. The third kappa shape index (κ3) is 5.36. The molecule has 9 heteroatoms. The van der Waals surface area contributed by atoms with Crippen molar-refractivity contribution in [1.82, 2.24) is 4.98 Å². The van der Waals surface area contributed by atoms with Crippen molar-refractivity contribution in [2.75, 3.05) is 6.61 Å². The van der Waals surface area contributed by atoms with E-state index in [1.165, 1.54) is 35.6 Å². The number of para-hydroxylation sites is 1. The van der Waals surface area contributed by atoms with Crippen LogP contribution in [0.15, 0.2) is 96.4 Å². The molecule has 0 amide bonds. The summed E-state index contributed by atoms with van der Waals surface area (Å²) < 4.78 is 11.0. The summed E-state index contributed by atoms with van der Waals surface area (Å²) in [7, 11) is 0. The highest BCUT2D eigenvalue weighted by Gasteiger charge is 2.17. The fourth-order valence-corrected chi connectivity index (χ4v) is 4.35. The number of aromatic nitrogens is 1. The summed E-state index contributed by atoms with van der Waals surface area (Å²) in [5.41, 5.74) is 1.98. The Balaban J connectivity index is 1.26. The van der Waals surface area contributed by atoms with Crippen LogP contribution in [0, 0.1) is 10.1 Å². The minimum atomic E-state index is -0.608. The molecule has 0 N–H and O–H groups in total. The first-order chi connectivity index (χ1) is 18.0. The highest BCUT2D eigenvalue weighted by molar-refractivity contribution is 7.13. The standard InChI is InChI=1S/C28H18N2O6S/c31-26(18-7-11-20(12-8-18)36-21-13-9-19(10-14-21)30(33)34)17-35-28(32)23-16-25(27-6-3-15-37-27)29-24-5-2-1-4-22(23)24/h1-16H,17H2. The maximum Gasteiger partial charge on any atom is 0.339 e. The third-order valence-corrected chi connectivity index (χ3v) is 6.40. The Morgan fingerprint density at radius 2 is 1.59 bits per heavy atom. The number of nitrogens with zero attached hydrogens (tertiary/aromatic N) is 2. The van der Waals surface area contributed by atoms with Gasteiger partial charge in [0.1, 0.15) is 11.5 Å². The second-order valence-electron chi connectivity index (χ2n) is 7.93. The summed E-state index contributed by atoms with van der Waals surface area (Å²) in [4.78, 5) is 41.5. The number of Topliss-reactive ketones (excluding diaryl/α,β-unsaturated/α-hetero) is 1. The van der Waals surface area contributed by atoms with Gasteiger partial charge in [-0.1, -0.05) is 24.3 Å². The van der Waals surface area contributed by atoms with Crippen LogP contribution < -0.4 is 4.74 Å². The lowest BCUT2D eigenvalue weighted by molar-refractivity contribution is -0.384. The van der Waals surface area contributed by atoms with E-state index in [0.717, 1.165) is 4.88 Å². The molecule has 0 saturated heterocycles. The summed E-state index contributed by atoms with van der Waals surface area (Å²) in [6.45, 7) is -0.424. The lowest BCUT2D eigenvalue weighted by atomic mass is 10.1. The molecule has 0 saturated carbocycles. The van der Waals surface area contributed by atoms with Gasteiger partial charge in [-0.05, 0) is 60.0 Å². The van der Waals surface area contributed by atoms with Gasteiger partial charge < -0.3 is 9.47 Å². The van der Waals surface area contributed by atoms with Gasteiger partial charge in [-0.25, -0.2) is 9.78 Å². The Bertz CT molecular complexity index is 1600. The number of ketones is 1. The second kappa shape index (κ2) is 10.4. The number of carbonyl (C=O) groups excluding carboxylic acids is 2. The van der Waals surface area contributed by atoms with E-state index in [1.54, 1.807) is 36.4 Å². The Morgan fingerprint density at radius 1 is 0.892 bits per heavy atom. The molecule has 0 spiro atoms. The van der Waals surface area contributed by atoms with E-state index in [1.807, 2.05) is 35.7 Å². The first-order valence-corrected chi connectivity index (χ1v) is 12.0. The van der Waals surface area contributed by atoms with Gasteiger partial charge in [-0.3, -0.25) is 14.9 Å². The first kappa shape index (κ1) is 23.8. The van der Waals surface area contributed by atoms with E-state index in [9.17, 15) is 19.7 Å². The van der Waals surface area contributed by atoms with Crippen LogP contribution in [0.25, 0.3) is 21.5 Å². The normalized spacial score (nSPS) is 10.7. The number of rotatable bonds is 8. The van der Waals surface area contributed by atoms with Crippen molar-refractivity contribution in [1.29, 1.82) is 0 Å². The Morgan fingerprint density at radius 3 is 2.27 bits per heavy atom. The molecule has 2 aromatic heterocycles. The van der Waals surface area contributed by atoms with Gasteiger partial charge in [0.25, 0.3) is 5.69 Å². The molecule has 0 bridgehead atoms. The van der Waals surface area contributed by atoms with Crippen LogP contribution in [0.5, 0.6) is 11.5 Å². The van der Waals surface area contributed by atoms with Crippen LogP contribution >= 0.6 is 11.3 Å².